The molecule has 2 aliphatic rings. The predicted molar refractivity (Wildman–Crippen MR) is 291 cm³/mol. The van der Waals surface area contributed by atoms with E-state index in [1.165, 1.54) is 73.8 Å². The molecule has 0 saturated carbocycles. The van der Waals surface area contributed by atoms with Crippen molar-refractivity contribution in [1.29, 1.82) is 0 Å². The number of ether oxygens (including phenoxy) is 1. The van der Waals surface area contributed by atoms with Crippen molar-refractivity contribution in [1.82, 2.24) is 29.1 Å². The molecule has 6 aromatic carbocycles. The van der Waals surface area contributed by atoms with E-state index in [1.807, 2.05) is 6.20 Å². The molecule has 8 heteroatoms. The van der Waals surface area contributed by atoms with Crippen molar-refractivity contribution in [2.75, 3.05) is 0 Å². The van der Waals surface area contributed by atoms with Gasteiger partial charge in [-0.25, -0.2) is 19.9 Å². The lowest BCUT2D eigenvalue weighted by atomic mass is 9.60. The molecule has 8 nitrogen and oxygen atoms in total. The Hall–Kier alpha value is -7.45. The summed E-state index contributed by atoms with van der Waals surface area (Å²) in [6.45, 7) is 30.6. The Balaban J connectivity index is 1.11. The molecule has 1 aliphatic heterocycles. The molecule has 0 amide bonds. The first-order valence-corrected chi connectivity index (χ1v) is 25.3. The van der Waals surface area contributed by atoms with Gasteiger partial charge in [0.2, 0.25) is 6.33 Å². The molecule has 12 rings (SSSR count). The molecule has 4 aromatic heterocycles. The molecule has 1 aliphatic carbocycles. The molecule has 360 valence electrons. The fraction of sp³-hybridized carbons (Fsp3) is 0.297. The maximum atomic E-state index is 7.09. The minimum atomic E-state index is -0.671. The average Bonchev–Trinajstić information content (AvgIpc) is 3.95. The Kier molecular flexibility index (Phi) is 9.69. The van der Waals surface area contributed by atoms with Gasteiger partial charge in [0.05, 0.1) is 40.2 Å². The average molecular weight is 946 g/mol. The topological polar surface area (TPSA) is 74.5 Å². The van der Waals surface area contributed by atoms with Gasteiger partial charge in [-0.3, -0.25) is 4.57 Å². The van der Waals surface area contributed by atoms with Gasteiger partial charge in [-0.2, -0.15) is 0 Å². The van der Waals surface area contributed by atoms with E-state index in [4.69, 9.17) is 9.72 Å². The Morgan fingerprint density at radius 1 is 0.569 bits per heavy atom. The first-order chi connectivity index (χ1) is 34.0. The van der Waals surface area contributed by atoms with Crippen LogP contribution < -0.4 is 9.30 Å². The molecule has 0 fully saturated rings. The lowest BCUT2D eigenvalue weighted by molar-refractivity contribution is -0.649. The number of para-hydroxylation sites is 2. The van der Waals surface area contributed by atoms with Crippen LogP contribution in [0.4, 0.5) is 0 Å². The highest BCUT2D eigenvalue weighted by Gasteiger charge is 2.54. The van der Waals surface area contributed by atoms with Crippen LogP contribution >= 0.6 is 0 Å². The number of aromatic nitrogens is 7. The number of hydrogen-bond acceptors (Lipinski definition) is 5. The Bertz CT molecular complexity index is 3820. The van der Waals surface area contributed by atoms with Gasteiger partial charge in [-0.1, -0.05) is 150 Å². The lowest BCUT2D eigenvalue weighted by Crippen LogP contribution is -2.38. The van der Waals surface area contributed by atoms with Crippen LogP contribution in [0, 0.1) is 13.3 Å². The molecule has 0 radical (unpaired) electrons. The zero-order valence-corrected chi connectivity index (χ0v) is 44.2. The number of imidazole rings is 1. The normalized spacial score (nSPS) is 14.1. The number of fused-ring (bicyclic) bond motifs is 12. The standard InChI is InChI=1S/C64H63N7O/c1-37-26-55(66-33-46(37)59-67-34-65-35-68-59)71-51-20-16-15-18-42(51)43-24-22-40(31-53(43)71)72-41-23-25-47-54(32-41)70-36-69(14)52-21-17-19-48(58(52)70)64(47)56-44(27-38(60(2,3)4)29-49(56)62(8,9)10)45-28-39(61(5,6)7)30-50(57(45)64)63(11,12)13/h15-35H,1-14H3. The van der Waals surface area contributed by atoms with Crippen molar-refractivity contribution >= 4 is 32.8 Å². The van der Waals surface area contributed by atoms with E-state index in [-0.39, 0.29) is 21.7 Å². The van der Waals surface area contributed by atoms with Crippen molar-refractivity contribution in [3.63, 3.8) is 0 Å². The number of rotatable bonds is 4. The van der Waals surface area contributed by atoms with E-state index in [0.29, 0.717) is 5.82 Å². The van der Waals surface area contributed by atoms with Crippen molar-refractivity contribution in [3.8, 4) is 45.5 Å². The zero-order chi connectivity index (χ0) is 50.6. The number of benzene rings is 6. The number of nitrogens with zero attached hydrogens (tertiary/aromatic N) is 7. The zero-order valence-electron chi connectivity index (χ0n) is 44.2. The van der Waals surface area contributed by atoms with E-state index < -0.39 is 5.41 Å². The van der Waals surface area contributed by atoms with Crippen molar-refractivity contribution in [2.24, 2.45) is 7.05 Å². The third-order valence-electron chi connectivity index (χ3n) is 15.5. The molecule has 10 aromatic rings. The number of pyridine rings is 1. The molecule has 5 heterocycles. The Morgan fingerprint density at radius 3 is 1.81 bits per heavy atom. The minimum Gasteiger partial charge on any atom is -0.458 e. The molecular formula is C64H63N7O. The quantitative estimate of drug-likeness (QED) is 0.130. The monoisotopic (exact) mass is 946 g/mol. The second-order valence-corrected chi connectivity index (χ2v) is 24.4. The van der Waals surface area contributed by atoms with Crippen LogP contribution in [0.5, 0.6) is 11.5 Å². The molecule has 0 bridgehead atoms. The molecular weight excluding hydrogens is 883 g/mol. The molecule has 0 N–H and O–H groups in total. The minimum absolute atomic E-state index is 0.0685. The van der Waals surface area contributed by atoms with Crippen molar-refractivity contribution in [3.05, 3.63) is 184 Å². The molecule has 72 heavy (non-hydrogen) atoms. The molecule has 0 saturated heterocycles. The van der Waals surface area contributed by atoms with Crippen molar-refractivity contribution in [2.45, 2.75) is 117 Å². The molecule has 1 spiro atoms. The largest absolute Gasteiger partial charge is 0.458 e. The van der Waals surface area contributed by atoms with Gasteiger partial charge in [-0.05, 0) is 126 Å². The highest BCUT2D eigenvalue weighted by atomic mass is 16.5. The summed E-state index contributed by atoms with van der Waals surface area (Å²) in [5.74, 6) is 2.88. The van der Waals surface area contributed by atoms with Crippen LogP contribution in [0.2, 0.25) is 0 Å². The fourth-order valence-electron chi connectivity index (χ4n) is 11.9. The van der Waals surface area contributed by atoms with Crippen LogP contribution in [0.3, 0.4) is 0 Å². The maximum Gasteiger partial charge on any atom is 0.244 e. The van der Waals surface area contributed by atoms with E-state index in [9.17, 15) is 0 Å². The van der Waals surface area contributed by atoms with Crippen LogP contribution in [-0.2, 0) is 34.1 Å². The molecule has 0 unspecified atom stereocenters. The third kappa shape index (κ3) is 6.67. The van der Waals surface area contributed by atoms with Crippen LogP contribution in [0.25, 0.3) is 66.9 Å². The van der Waals surface area contributed by atoms with Gasteiger partial charge < -0.3 is 13.9 Å². The summed E-state index contributed by atoms with van der Waals surface area (Å²) in [7, 11) is 2.12. The van der Waals surface area contributed by atoms with E-state index in [0.717, 1.165) is 61.5 Å². The summed E-state index contributed by atoms with van der Waals surface area (Å²) in [6.07, 6.45) is 8.68. The lowest BCUT2D eigenvalue weighted by Gasteiger charge is -2.45. The third-order valence-corrected chi connectivity index (χ3v) is 15.5. The van der Waals surface area contributed by atoms with Gasteiger partial charge in [-0.15, -0.1) is 0 Å². The number of hydrogen-bond donors (Lipinski definition) is 0. The van der Waals surface area contributed by atoms with Gasteiger partial charge in [0.1, 0.15) is 30.0 Å². The summed E-state index contributed by atoms with van der Waals surface area (Å²) >= 11 is 0. The molecule has 0 atom stereocenters. The van der Waals surface area contributed by atoms with E-state index in [2.05, 4.69) is 241 Å². The van der Waals surface area contributed by atoms with Gasteiger partial charge in [0, 0.05) is 28.6 Å². The van der Waals surface area contributed by atoms with E-state index in [1.54, 1.807) is 0 Å². The fourth-order valence-corrected chi connectivity index (χ4v) is 11.9. The van der Waals surface area contributed by atoms with Gasteiger partial charge >= 0.3 is 0 Å². The van der Waals surface area contributed by atoms with Gasteiger partial charge in [0.25, 0.3) is 0 Å². The summed E-state index contributed by atoms with van der Waals surface area (Å²) in [4.78, 5) is 17.8. The first-order valence-electron chi connectivity index (χ1n) is 25.3. The van der Waals surface area contributed by atoms with Crippen LogP contribution in [-0.4, -0.2) is 29.1 Å². The maximum absolute atomic E-state index is 7.09. The summed E-state index contributed by atoms with van der Waals surface area (Å²) in [5, 5.41) is 2.26. The van der Waals surface area contributed by atoms with Crippen LogP contribution in [0.1, 0.15) is 133 Å². The first kappa shape index (κ1) is 45.7. The summed E-state index contributed by atoms with van der Waals surface area (Å²) in [5.41, 5.74) is 19.5. The highest BCUT2D eigenvalue weighted by Crippen LogP contribution is 2.65. The van der Waals surface area contributed by atoms with Gasteiger partial charge in [0.15, 0.2) is 5.82 Å². The second kappa shape index (κ2) is 15.3. The predicted octanol–water partition coefficient (Wildman–Crippen LogP) is 14.6. The van der Waals surface area contributed by atoms with Crippen LogP contribution in [0.15, 0.2) is 128 Å². The summed E-state index contributed by atoms with van der Waals surface area (Å²) in [6, 6.07) is 40.9. The number of aryl methyl sites for hydroxylation is 2. The Labute approximate surface area is 423 Å². The van der Waals surface area contributed by atoms with Crippen molar-refractivity contribution < 1.29 is 9.30 Å². The smallest absolute Gasteiger partial charge is 0.244 e. The summed E-state index contributed by atoms with van der Waals surface area (Å²) < 4.78 is 13.8. The van der Waals surface area contributed by atoms with E-state index >= 15 is 0 Å². The SMILES string of the molecule is Cc1cc(-n2c3ccccc3c3ccc(Oc4ccc5c(c4)-n4[c-][n+](C)c6cccc(c64)C54c5c(cc(C(C)(C)C)cc5C(C)(C)C)-c5cc(C(C)(C)C)cc(C(C)(C)C)c54)cc32)ncc1-c1ncncn1. The Morgan fingerprint density at radius 2 is 1.18 bits per heavy atom. The highest BCUT2D eigenvalue weighted by molar-refractivity contribution is 6.09. The second-order valence-electron chi connectivity index (χ2n) is 24.4.